The number of carbonyl (C=O) groups excluding carboxylic acids is 1. The number of likely N-dealkylation sites (tertiary alicyclic amines) is 1. The molecule has 132 valence electrons. The van der Waals surface area contributed by atoms with E-state index in [1.807, 2.05) is 36.1 Å². The van der Waals surface area contributed by atoms with Gasteiger partial charge >= 0.3 is 0 Å². The molecule has 0 radical (unpaired) electrons. The van der Waals surface area contributed by atoms with Gasteiger partial charge in [0.2, 0.25) is 0 Å². The van der Waals surface area contributed by atoms with Gasteiger partial charge in [0.05, 0.1) is 0 Å². The highest BCUT2D eigenvalue weighted by Gasteiger charge is 2.25. The maximum Gasteiger partial charge on any atom is 0.254 e. The average molecular weight is 341 g/mol. The fraction of sp³-hybridized carbons (Fsp3) is 0.381. The standard InChI is InChI=1S/C21H24FNO2/c1-2-25-15-16-11-13-23(14-12-16)21(24)20-6-4-3-5-19(20)17-7-9-18(22)10-8-17/h3-10,16H,2,11-15H2,1H3. The fourth-order valence-corrected chi connectivity index (χ4v) is 3.31. The summed E-state index contributed by atoms with van der Waals surface area (Å²) < 4.78 is 18.7. The highest BCUT2D eigenvalue weighted by molar-refractivity contribution is 6.00. The van der Waals surface area contributed by atoms with Crippen molar-refractivity contribution < 1.29 is 13.9 Å². The van der Waals surface area contributed by atoms with Crippen LogP contribution in [0.4, 0.5) is 4.39 Å². The zero-order valence-corrected chi connectivity index (χ0v) is 14.6. The Hall–Kier alpha value is -2.20. The van der Waals surface area contributed by atoms with E-state index in [4.69, 9.17) is 4.74 Å². The molecule has 0 aromatic heterocycles. The first-order chi connectivity index (χ1) is 12.2. The minimum absolute atomic E-state index is 0.0507. The molecule has 2 aromatic carbocycles. The first-order valence-electron chi connectivity index (χ1n) is 8.91. The number of piperidine rings is 1. The number of hydrogen-bond donors (Lipinski definition) is 0. The van der Waals surface area contributed by atoms with Crippen LogP contribution in [0, 0.1) is 11.7 Å². The SMILES string of the molecule is CCOCC1CCN(C(=O)c2ccccc2-c2ccc(F)cc2)CC1. The van der Waals surface area contributed by atoms with E-state index in [2.05, 4.69) is 0 Å². The Balaban J connectivity index is 1.74. The summed E-state index contributed by atoms with van der Waals surface area (Å²) in [5.41, 5.74) is 2.39. The Labute approximate surface area is 148 Å². The molecule has 0 spiro atoms. The van der Waals surface area contributed by atoms with Crippen molar-refractivity contribution in [1.82, 2.24) is 4.90 Å². The predicted molar refractivity (Wildman–Crippen MR) is 97.0 cm³/mol. The van der Waals surface area contributed by atoms with Crippen LogP contribution in [0.5, 0.6) is 0 Å². The number of nitrogens with zero attached hydrogens (tertiary/aromatic N) is 1. The number of ether oxygens (including phenoxy) is 1. The molecule has 3 nitrogen and oxygen atoms in total. The van der Waals surface area contributed by atoms with E-state index < -0.39 is 0 Å². The number of benzene rings is 2. The molecule has 0 saturated carbocycles. The highest BCUT2D eigenvalue weighted by Crippen LogP contribution is 2.27. The Morgan fingerprint density at radius 2 is 1.80 bits per heavy atom. The summed E-state index contributed by atoms with van der Waals surface area (Å²) >= 11 is 0. The first-order valence-corrected chi connectivity index (χ1v) is 8.91. The number of hydrogen-bond acceptors (Lipinski definition) is 2. The molecule has 4 heteroatoms. The minimum Gasteiger partial charge on any atom is -0.381 e. The summed E-state index contributed by atoms with van der Waals surface area (Å²) in [6, 6.07) is 13.8. The van der Waals surface area contributed by atoms with Crippen molar-refractivity contribution in [2.75, 3.05) is 26.3 Å². The lowest BCUT2D eigenvalue weighted by Gasteiger charge is -2.32. The maximum absolute atomic E-state index is 13.2. The van der Waals surface area contributed by atoms with Gasteiger partial charge in [-0.05, 0) is 55.0 Å². The molecule has 1 heterocycles. The van der Waals surface area contributed by atoms with Gasteiger partial charge in [0.25, 0.3) is 5.91 Å². The third kappa shape index (κ3) is 4.26. The Kier molecular flexibility index (Phi) is 5.82. The molecule has 3 rings (SSSR count). The second-order valence-electron chi connectivity index (χ2n) is 6.45. The lowest BCUT2D eigenvalue weighted by atomic mass is 9.95. The van der Waals surface area contributed by atoms with Crippen LogP contribution in [0.2, 0.25) is 0 Å². The van der Waals surface area contributed by atoms with Crippen LogP contribution >= 0.6 is 0 Å². The molecule has 1 aliphatic heterocycles. The molecule has 0 aliphatic carbocycles. The number of halogens is 1. The van der Waals surface area contributed by atoms with Crippen LogP contribution in [0.3, 0.4) is 0 Å². The van der Waals surface area contributed by atoms with Gasteiger partial charge in [-0.3, -0.25) is 4.79 Å². The first kappa shape index (κ1) is 17.6. The van der Waals surface area contributed by atoms with Crippen LogP contribution in [-0.4, -0.2) is 37.1 Å². The number of carbonyl (C=O) groups is 1. The van der Waals surface area contributed by atoms with Crippen molar-refractivity contribution >= 4 is 5.91 Å². The molecular formula is C21H24FNO2. The fourth-order valence-electron chi connectivity index (χ4n) is 3.31. The second-order valence-corrected chi connectivity index (χ2v) is 6.45. The van der Waals surface area contributed by atoms with Crippen molar-refractivity contribution in [2.45, 2.75) is 19.8 Å². The molecule has 0 unspecified atom stereocenters. The van der Waals surface area contributed by atoms with E-state index in [1.165, 1.54) is 12.1 Å². The predicted octanol–water partition coefficient (Wildman–Crippen LogP) is 4.38. The lowest BCUT2D eigenvalue weighted by Crippen LogP contribution is -2.39. The maximum atomic E-state index is 13.2. The topological polar surface area (TPSA) is 29.5 Å². The van der Waals surface area contributed by atoms with E-state index in [9.17, 15) is 9.18 Å². The number of rotatable bonds is 5. The van der Waals surface area contributed by atoms with Crippen LogP contribution in [0.25, 0.3) is 11.1 Å². The Bertz CT molecular complexity index is 706. The summed E-state index contributed by atoms with van der Waals surface area (Å²) in [4.78, 5) is 14.9. The summed E-state index contributed by atoms with van der Waals surface area (Å²) in [6.07, 6.45) is 1.95. The Morgan fingerprint density at radius 1 is 1.12 bits per heavy atom. The number of amides is 1. The largest absolute Gasteiger partial charge is 0.381 e. The molecular weight excluding hydrogens is 317 g/mol. The molecule has 1 amide bonds. The Morgan fingerprint density at radius 3 is 2.48 bits per heavy atom. The van der Waals surface area contributed by atoms with Gasteiger partial charge in [0, 0.05) is 31.9 Å². The van der Waals surface area contributed by atoms with Gasteiger partial charge in [-0.15, -0.1) is 0 Å². The zero-order chi connectivity index (χ0) is 17.6. The van der Waals surface area contributed by atoms with Gasteiger partial charge in [-0.2, -0.15) is 0 Å². The van der Waals surface area contributed by atoms with E-state index in [-0.39, 0.29) is 11.7 Å². The minimum atomic E-state index is -0.274. The molecule has 1 aliphatic rings. The van der Waals surface area contributed by atoms with E-state index in [0.717, 1.165) is 50.3 Å². The van der Waals surface area contributed by atoms with E-state index in [0.29, 0.717) is 11.5 Å². The average Bonchev–Trinajstić information content (AvgIpc) is 2.67. The molecule has 25 heavy (non-hydrogen) atoms. The van der Waals surface area contributed by atoms with Crippen LogP contribution in [-0.2, 0) is 4.74 Å². The van der Waals surface area contributed by atoms with Crippen molar-refractivity contribution in [3.63, 3.8) is 0 Å². The van der Waals surface area contributed by atoms with E-state index >= 15 is 0 Å². The summed E-state index contributed by atoms with van der Waals surface area (Å²) in [7, 11) is 0. The zero-order valence-electron chi connectivity index (χ0n) is 14.6. The molecule has 1 saturated heterocycles. The van der Waals surface area contributed by atoms with Gasteiger partial charge in [0.1, 0.15) is 5.82 Å². The van der Waals surface area contributed by atoms with Crippen LogP contribution in [0.1, 0.15) is 30.1 Å². The van der Waals surface area contributed by atoms with Crippen LogP contribution in [0.15, 0.2) is 48.5 Å². The molecule has 0 bridgehead atoms. The van der Waals surface area contributed by atoms with Crippen molar-refractivity contribution in [2.24, 2.45) is 5.92 Å². The molecule has 2 aromatic rings. The summed E-state index contributed by atoms with van der Waals surface area (Å²) in [5, 5.41) is 0. The van der Waals surface area contributed by atoms with Crippen molar-refractivity contribution in [3.8, 4) is 11.1 Å². The third-order valence-electron chi connectivity index (χ3n) is 4.77. The third-order valence-corrected chi connectivity index (χ3v) is 4.77. The molecule has 0 N–H and O–H groups in total. The molecule has 0 atom stereocenters. The van der Waals surface area contributed by atoms with E-state index in [1.54, 1.807) is 12.1 Å². The van der Waals surface area contributed by atoms with Crippen molar-refractivity contribution in [1.29, 1.82) is 0 Å². The van der Waals surface area contributed by atoms with Gasteiger partial charge in [-0.25, -0.2) is 4.39 Å². The highest BCUT2D eigenvalue weighted by atomic mass is 19.1. The smallest absolute Gasteiger partial charge is 0.254 e. The summed E-state index contributed by atoms with van der Waals surface area (Å²) in [6.45, 7) is 5.04. The summed E-state index contributed by atoms with van der Waals surface area (Å²) in [5.74, 6) is 0.315. The second kappa shape index (κ2) is 8.26. The van der Waals surface area contributed by atoms with Gasteiger partial charge in [0.15, 0.2) is 0 Å². The van der Waals surface area contributed by atoms with Gasteiger partial charge < -0.3 is 9.64 Å². The van der Waals surface area contributed by atoms with Crippen LogP contribution < -0.4 is 0 Å². The van der Waals surface area contributed by atoms with Gasteiger partial charge in [-0.1, -0.05) is 30.3 Å². The lowest BCUT2D eigenvalue weighted by molar-refractivity contribution is 0.0552. The monoisotopic (exact) mass is 341 g/mol. The quantitative estimate of drug-likeness (QED) is 0.808. The molecule has 1 fully saturated rings. The normalized spacial score (nSPS) is 15.4. The van der Waals surface area contributed by atoms with Crippen molar-refractivity contribution in [3.05, 3.63) is 59.9 Å².